The minimum atomic E-state index is 0.484. The average molecular weight is 216 g/mol. The molecular weight excluding hydrogens is 208 g/mol. The van der Waals surface area contributed by atoms with Crippen LogP contribution in [0.5, 0.6) is 5.88 Å². The third-order valence-electron chi connectivity index (χ3n) is 1.19. The van der Waals surface area contributed by atoms with Crippen LogP contribution >= 0.6 is 15.9 Å². The van der Waals surface area contributed by atoms with E-state index in [2.05, 4.69) is 32.3 Å². The Balaban J connectivity index is 3.02. The van der Waals surface area contributed by atoms with Crippen molar-refractivity contribution >= 4 is 21.7 Å². The summed E-state index contributed by atoms with van der Waals surface area (Å²) in [6.45, 7) is 0. The second-order valence-corrected chi connectivity index (χ2v) is 2.71. The van der Waals surface area contributed by atoms with Gasteiger partial charge in [0.2, 0.25) is 5.88 Å². The summed E-state index contributed by atoms with van der Waals surface area (Å²) in [5.41, 5.74) is 0. The van der Waals surface area contributed by atoms with Crippen LogP contribution in [0.4, 0.5) is 5.82 Å². The molecule has 0 unspecified atom stereocenters. The van der Waals surface area contributed by atoms with Gasteiger partial charge < -0.3 is 10.1 Å². The molecule has 1 heterocycles. The first-order valence-electron chi connectivity index (χ1n) is 3.08. The molecule has 0 aliphatic carbocycles. The summed E-state index contributed by atoms with van der Waals surface area (Å²) in [4.78, 5) is 4.07. The fourth-order valence-electron chi connectivity index (χ4n) is 0.661. The molecule has 0 aromatic carbocycles. The average Bonchev–Trinajstić information content (AvgIpc) is 2.05. The molecular formula is C7H8BrN2O. The van der Waals surface area contributed by atoms with E-state index in [0.717, 1.165) is 10.3 Å². The first kappa shape index (κ1) is 8.33. The number of pyridine rings is 1. The van der Waals surface area contributed by atoms with Crippen molar-refractivity contribution in [2.75, 3.05) is 19.5 Å². The Labute approximate surface area is 73.9 Å². The highest BCUT2D eigenvalue weighted by atomic mass is 79.9. The van der Waals surface area contributed by atoms with Gasteiger partial charge in [-0.25, -0.2) is 0 Å². The van der Waals surface area contributed by atoms with Crippen LogP contribution in [-0.2, 0) is 0 Å². The summed E-state index contributed by atoms with van der Waals surface area (Å²) in [5, 5.41) is 2.91. The van der Waals surface area contributed by atoms with E-state index < -0.39 is 0 Å². The standard InChI is InChI=1S/C7H8BrN2O/c1-9-7-5(8)3-4-6(10-7)11-2/h3H,1-2H3,(H,9,10). The Hall–Kier alpha value is -0.770. The Morgan fingerprint density at radius 1 is 1.73 bits per heavy atom. The van der Waals surface area contributed by atoms with Crippen molar-refractivity contribution in [2.45, 2.75) is 0 Å². The minimum Gasteiger partial charge on any atom is -0.480 e. The maximum absolute atomic E-state index is 4.88. The summed E-state index contributed by atoms with van der Waals surface area (Å²) in [7, 11) is 3.36. The van der Waals surface area contributed by atoms with Crippen LogP contribution in [0.1, 0.15) is 0 Å². The number of halogens is 1. The van der Waals surface area contributed by atoms with Crippen LogP contribution < -0.4 is 10.1 Å². The number of ether oxygens (including phenoxy) is 1. The summed E-state index contributed by atoms with van der Waals surface area (Å²) in [6, 6.07) is 4.60. The lowest BCUT2D eigenvalue weighted by Crippen LogP contribution is -1.95. The first-order valence-corrected chi connectivity index (χ1v) is 3.87. The molecule has 59 valence electrons. The van der Waals surface area contributed by atoms with Crippen LogP contribution in [0.3, 0.4) is 0 Å². The van der Waals surface area contributed by atoms with E-state index in [9.17, 15) is 0 Å². The normalized spacial score (nSPS) is 9.36. The van der Waals surface area contributed by atoms with Crippen molar-refractivity contribution in [3.05, 3.63) is 16.6 Å². The number of nitrogens with one attached hydrogen (secondary N) is 1. The van der Waals surface area contributed by atoms with Crippen molar-refractivity contribution in [1.82, 2.24) is 4.98 Å². The van der Waals surface area contributed by atoms with E-state index in [0.29, 0.717) is 5.88 Å². The molecule has 0 spiro atoms. The van der Waals surface area contributed by atoms with Gasteiger partial charge in [0.25, 0.3) is 0 Å². The van der Waals surface area contributed by atoms with Gasteiger partial charge in [-0.15, -0.1) is 0 Å². The van der Waals surface area contributed by atoms with Gasteiger partial charge >= 0.3 is 0 Å². The molecule has 0 atom stereocenters. The summed E-state index contributed by atoms with van der Waals surface area (Å²) < 4.78 is 5.76. The fraction of sp³-hybridized carbons (Fsp3) is 0.286. The Morgan fingerprint density at radius 2 is 2.45 bits per heavy atom. The second-order valence-electron chi connectivity index (χ2n) is 1.86. The van der Waals surface area contributed by atoms with Crippen LogP contribution in [0.2, 0.25) is 0 Å². The number of anilines is 1. The van der Waals surface area contributed by atoms with Crippen LogP contribution in [-0.4, -0.2) is 19.1 Å². The highest BCUT2D eigenvalue weighted by Gasteiger charge is 2.00. The number of methoxy groups -OCH3 is 1. The summed E-state index contributed by atoms with van der Waals surface area (Å²) in [5.74, 6) is 1.23. The zero-order valence-corrected chi connectivity index (χ0v) is 7.90. The summed E-state index contributed by atoms with van der Waals surface area (Å²) >= 11 is 3.31. The molecule has 1 aromatic rings. The molecule has 0 bridgehead atoms. The van der Waals surface area contributed by atoms with Crippen LogP contribution in [0.25, 0.3) is 0 Å². The van der Waals surface area contributed by atoms with Crippen molar-refractivity contribution in [3.63, 3.8) is 0 Å². The van der Waals surface area contributed by atoms with Crippen molar-refractivity contribution in [3.8, 4) is 5.88 Å². The zero-order chi connectivity index (χ0) is 8.27. The largest absolute Gasteiger partial charge is 0.480 e. The predicted molar refractivity (Wildman–Crippen MR) is 46.9 cm³/mol. The number of hydrogen-bond donors (Lipinski definition) is 1. The Bertz CT molecular complexity index is 252. The zero-order valence-electron chi connectivity index (χ0n) is 6.31. The summed E-state index contributed by atoms with van der Waals surface area (Å²) in [6.07, 6.45) is 0. The maximum Gasteiger partial charge on any atom is 0.223 e. The van der Waals surface area contributed by atoms with Gasteiger partial charge in [-0.2, -0.15) is 4.98 Å². The fourth-order valence-corrected chi connectivity index (χ4v) is 1.06. The van der Waals surface area contributed by atoms with Gasteiger partial charge in [-0.05, 0) is 22.0 Å². The van der Waals surface area contributed by atoms with Gasteiger partial charge in [0.1, 0.15) is 5.82 Å². The van der Waals surface area contributed by atoms with Gasteiger partial charge in [0.15, 0.2) is 0 Å². The molecule has 1 N–H and O–H groups in total. The van der Waals surface area contributed by atoms with Crippen molar-refractivity contribution < 1.29 is 4.74 Å². The van der Waals surface area contributed by atoms with E-state index in [1.54, 1.807) is 20.2 Å². The third kappa shape index (κ3) is 1.83. The quantitative estimate of drug-likeness (QED) is 0.816. The van der Waals surface area contributed by atoms with E-state index in [1.807, 2.05) is 0 Å². The topological polar surface area (TPSA) is 34.2 Å². The van der Waals surface area contributed by atoms with E-state index in [4.69, 9.17) is 4.74 Å². The SMILES string of the molecule is CNc1nc(OC)[c]cc1Br. The number of hydrogen-bond acceptors (Lipinski definition) is 3. The predicted octanol–water partition coefficient (Wildman–Crippen LogP) is 1.69. The first-order chi connectivity index (χ1) is 5.27. The molecule has 0 saturated heterocycles. The van der Waals surface area contributed by atoms with Crippen LogP contribution in [0, 0.1) is 6.07 Å². The smallest absolute Gasteiger partial charge is 0.223 e. The molecule has 0 amide bonds. The highest BCUT2D eigenvalue weighted by Crippen LogP contribution is 2.21. The monoisotopic (exact) mass is 215 g/mol. The molecule has 1 rings (SSSR count). The maximum atomic E-state index is 4.88. The molecule has 3 nitrogen and oxygen atoms in total. The molecule has 0 aliphatic heterocycles. The molecule has 11 heavy (non-hydrogen) atoms. The molecule has 0 saturated carbocycles. The number of rotatable bonds is 2. The van der Waals surface area contributed by atoms with Gasteiger partial charge in [-0.3, -0.25) is 0 Å². The minimum absolute atomic E-state index is 0.484. The molecule has 4 heteroatoms. The van der Waals surface area contributed by atoms with Crippen molar-refractivity contribution in [1.29, 1.82) is 0 Å². The lowest BCUT2D eigenvalue weighted by Gasteiger charge is -2.03. The second kappa shape index (κ2) is 3.57. The third-order valence-corrected chi connectivity index (χ3v) is 1.80. The van der Waals surface area contributed by atoms with E-state index >= 15 is 0 Å². The molecule has 1 aromatic heterocycles. The van der Waals surface area contributed by atoms with Crippen molar-refractivity contribution in [2.24, 2.45) is 0 Å². The molecule has 1 radical (unpaired) electrons. The molecule has 0 fully saturated rings. The van der Waals surface area contributed by atoms with Gasteiger partial charge in [0, 0.05) is 7.05 Å². The van der Waals surface area contributed by atoms with E-state index in [1.165, 1.54) is 0 Å². The van der Waals surface area contributed by atoms with Crippen LogP contribution in [0.15, 0.2) is 10.5 Å². The van der Waals surface area contributed by atoms with Gasteiger partial charge in [-0.1, -0.05) is 0 Å². The van der Waals surface area contributed by atoms with Gasteiger partial charge in [0.05, 0.1) is 17.6 Å². The Morgan fingerprint density at radius 3 is 3.00 bits per heavy atom. The number of aromatic nitrogens is 1. The number of nitrogens with zero attached hydrogens (tertiary/aromatic N) is 1. The lowest BCUT2D eigenvalue weighted by molar-refractivity contribution is 0.397. The van der Waals surface area contributed by atoms with E-state index in [-0.39, 0.29) is 0 Å². The molecule has 0 aliphatic rings. The highest BCUT2D eigenvalue weighted by molar-refractivity contribution is 9.10. The lowest BCUT2D eigenvalue weighted by atomic mass is 10.4. The Kier molecular flexibility index (Phi) is 2.70.